The monoisotopic (exact) mass is 889 g/mol. The van der Waals surface area contributed by atoms with Gasteiger partial charge in [-0.3, -0.25) is 19.4 Å². The molecule has 3 amide bonds. The Morgan fingerprint density at radius 2 is 1.57 bits per heavy atom. The van der Waals surface area contributed by atoms with Crippen molar-refractivity contribution in [2.75, 3.05) is 25.4 Å². The third-order valence-corrected chi connectivity index (χ3v) is 11.6. The van der Waals surface area contributed by atoms with Crippen LogP contribution in [0.1, 0.15) is 58.2 Å². The quantitative estimate of drug-likeness (QED) is 0.0513. The van der Waals surface area contributed by atoms with Crippen LogP contribution >= 0.6 is 11.6 Å². The highest BCUT2D eigenvalue weighted by molar-refractivity contribution is 6.34. The van der Waals surface area contributed by atoms with Crippen LogP contribution in [0.2, 0.25) is 5.02 Å². The molecule has 0 aliphatic rings. The van der Waals surface area contributed by atoms with Crippen LogP contribution in [0.4, 0.5) is 5.82 Å². The zero-order valence-electron chi connectivity index (χ0n) is 36.2. The lowest BCUT2D eigenvalue weighted by Crippen LogP contribution is -2.32. The number of ether oxygens (including phenoxy) is 1. The van der Waals surface area contributed by atoms with E-state index in [0.29, 0.717) is 60.0 Å². The van der Waals surface area contributed by atoms with Crippen molar-refractivity contribution in [1.29, 1.82) is 0 Å². The molecule has 4 aromatic carbocycles. The Hall–Kier alpha value is -7.71. The van der Waals surface area contributed by atoms with Crippen LogP contribution in [0.3, 0.4) is 0 Å². The van der Waals surface area contributed by atoms with E-state index in [-0.39, 0.29) is 42.2 Å². The van der Waals surface area contributed by atoms with E-state index in [1.54, 1.807) is 60.9 Å². The molecule has 14 nitrogen and oxygen atoms in total. The van der Waals surface area contributed by atoms with Gasteiger partial charge in [0.2, 0.25) is 5.91 Å². The fraction of sp³-hybridized carbons (Fsp3) is 0.200. The summed E-state index contributed by atoms with van der Waals surface area (Å²) in [5.41, 5.74) is 16.4. The molecule has 8 aromatic rings. The van der Waals surface area contributed by atoms with Gasteiger partial charge in [-0.2, -0.15) is 4.98 Å². The number of amides is 3. The Bertz CT molecular complexity index is 3050. The summed E-state index contributed by atoms with van der Waals surface area (Å²) >= 11 is 6.73. The first-order valence-corrected chi connectivity index (χ1v) is 21.7. The fourth-order valence-corrected chi connectivity index (χ4v) is 8.08. The SMILES string of the molecule is CCc1c(-c2ccc(C(=O)NCCC(=O)NCCCCNC(=O)c3cc(Oc4nc5cc(-c6ccc7c(ccn7C)c6)c(Cl)cc5[nH]4)ccc3C)nc2)cnc(N)c1-c1ccc(O)cc1. The number of halogens is 1. The van der Waals surface area contributed by atoms with Gasteiger partial charge in [-0.25, -0.2) is 4.98 Å². The summed E-state index contributed by atoms with van der Waals surface area (Å²) in [4.78, 5) is 55.1. The summed E-state index contributed by atoms with van der Waals surface area (Å²) in [5, 5.41) is 20.0. The minimum atomic E-state index is -0.394. The zero-order chi connectivity index (χ0) is 45.6. The molecule has 0 spiro atoms. The molecule has 0 saturated heterocycles. The standard InChI is InChI=1S/C50H48ClN9O5/c1-4-36-39(28-57-47(52)46(36)30-8-12-34(61)13-9-30)33-10-15-41(56-27-33)49(64)55-21-17-45(62)53-19-5-6-20-54-48(63)37-24-35(14-7-29(37)2)65-50-58-42-25-38(40(51)26-43(42)59-50)31-11-16-44-32(23-31)18-22-60(44)3/h7-16,18,22-28,61H,4-6,17,19-21H2,1-3H3,(H2,52,57)(H,53,62)(H,54,63)(H,55,64)(H,58,59). The smallest absolute Gasteiger partial charge is 0.300 e. The molecule has 0 bridgehead atoms. The molecule has 0 fully saturated rings. The number of rotatable bonds is 16. The number of nitrogens with one attached hydrogen (secondary N) is 4. The van der Waals surface area contributed by atoms with Gasteiger partial charge in [-0.05, 0) is 109 Å². The van der Waals surface area contributed by atoms with Crippen LogP contribution in [0.5, 0.6) is 17.5 Å². The number of aromatic nitrogens is 5. The molecular weight excluding hydrogens is 842 g/mol. The summed E-state index contributed by atoms with van der Waals surface area (Å²) < 4.78 is 8.15. The number of benzene rings is 4. The number of hydrogen-bond donors (Lipinski definition) is 6. The second kappa shape index (κ2) is 19.4. The predicted molar refractivity (Wildman–Crippen MR) is 254 cm³/mol. The number of phenols is 1. The van der Waals surface area contributed by atoms with Gasteiger partial charge >= 0.3 is 0 Å². The number of anilines is 1. The highest BCUT2D eigenvalue weighted by atomic mass is 35.5. The Labute approximate surface area is 380 Å². The number of pyridine rings is 2. The lowest BCUT2D eigenvalue weighted by atomic mass is 9.92. The maximum atomic E-state index is 13.2. The molecule has 4 aromatic heterocycles. The summed E-state index contributed by atoms with van der Waals surface area (Å²) in [6, 6.07) is 27.9. The number of unbranched alkanes of at least 4 members (excludes halogenated alkanes) is 1. The number of hydrogen-bond acceptors (Lipinski definition) is 9. The topological polar surface area (TPSA) is 202 Å². The highest BCUT2D eigenvalue weighted by Gasteiger charge is 2.18. The van der Waals surface area contributed by atoms with Crippen molar-refractivity contribution < 1.29 is 24.2 Å². The third-order valence-electron chi connectivity index (χ3n) is 11.3. The number of fused-ring (bicyclic) bond motifs is 2. The minimum absolute atomic E-state index is 0.101. The number of aromatic amines is 1. The number of carbonyl (C=O) groups excluding carboxylic acids is 3. The minimum Gasteiger partial charge on any atom is -0.508 e. The molecule has 65 heavy (non-hydrogen) atoms. The zero-order valence-corrected chi connectivity index (χ0v) is 36.9. The first-order chi connectivity index (χ1) is 31.4. The molecule has 15 heteroatoms. The van der Waals surface area contributed by atoms with E-state index in [9.17, 15) is 19.5 Å². The number of imidazole rings is 1. The van der Waals surface area contributed by atoms with E-state index in [1.807, 2.05) is 51.4 Å². The van der Waals surface area contributed by atoms with E-state index in [2.05, 4.69) is 58.7 Å². The van der Waals surface area contributed by atoms with Gasteiger partial charge in [-0.1, -0.05) is 48.9 Å². The molecule has 0 unspecified atom stereocenters. The number of nitrogens with zero attached hydrogens (tertiary/aromatic N) is 4. The van der Waals surface area contributed by atoms with Crippen LogP contribution in [0.15, 0.2) is 110 Å². The number of carbonyl (C=O) groups is 3. The van der Waals surface area contributed by atoms with Crippen molar-refractivity contribution in [1.82, 2.24) is 40.5 Å². The molecular formula is C50H48ClN9O5. The molecule has 0 atom stereocenters. The molecule has 0 saturated carbocycles. The second-order valence-electron chi connectivity index (χ2n) is 15.7. The molecule has 4 heterocycles. The number of phenolic OH excluding ortho intramolecular Hbond substituents is 1. The van der Waals surface area contributed by atoms with Crippen molar-refractivity contribution in [3.05, 3.63) is 137 Å². The first-order valence-electron chi connectivity index (χ1n) is 21.3. The van der Waals surface area contributed by atoms with E-state index in [1.165, 1.54) is 0 Å². The van der Waals surface area contributed by atoms with Gasteiger partial charge in [0.15, 0.2) is 0 Å². The van der Waals surface area contributed by atoms with Gasteiger partial charge in [0.05, 0.1) is 16.1 Å². The van der Waals surface area contributed by atoms with Crippen molar-refractivity contribution >= 4 is 57.1 Å². The van der Waals surface area contributed by atoms with Gasteiger partial charge < -0.3 is 41.1 Å². The van der Waals surface area contributed by atoms with Crippen molar-refractivity contribution in [2.45, 2.75) is 39.5 Å². The van der Waals surface area contributed by atoms with Gasteiger partial charge in [0.1, 0.15) is 23.0 Å². The molecule has 0 aliphatic carbocycles. The predicted octanol–water partition coefficient (Wildman–Crippen LogP) is 8.90. The fourth-order valence-electron chi connectivity index (χ4n) is 7.81. The van der Waals surface area contributed by atoms with Crippen LogP contribution in [0, 0.1) is 6.92 Å². The molecule has 330 valence electrons. The molecule has 8 rings (SSSR count). The van der Waals surface area contributed by atoms with Crippen LogP contribution < -0.4 is 26.4 Å². The Balaban J connectivity index is 0.761. The van der Waals surface area contributed by atoms with Crippen molar-refractivity contribution in [2.24, 2.45) is 7.05 Å². The second-order valence-corrected chi connectivity index (χ2v) is 16.1. The Morgan fingerprint density at radius 1 is 0.815 bits per heavy atom. The molecule has 0 aliphatic heterocycles. The summed E-state index contributed by atoms with van der Waals surface area (Å²) in [5.74, 6) is 0.167. The lowest BCUT2D eigenvalue weighted by molar-refractivity contribution is -0.120. The van der Waals surface area contributed by atoms with Crippen molar-refractivity contribution in [3.8, 4) is 50.9 Å². The van der Waals surface area contributed by atoms with Crippen LogP contribution in [-0.4, -0.2) is 67.0 Å². The number of H-pyrrole nitrogens is 1. The number of aryl methyl sites for hydroxylation is 2. The molecule has 7 N–H and O–H groups in total. The highest BCUT2D eigenvalue weighted by Crippen LogP contribution is 2.37. The molecule has 0 radical (unpaired) electrons. The van der Waals surface area contributed by atoms with E-state index in [0.717, 1.165) is 60.9 Å². The largest absolute Gasteiger partial charge is 0.508 e. The average Bonchev–Trinajstić information content (AvgIpc) is 3.88. The maximum Gasteiger partial charge on any atom is 0.300 e. The van der Waals surface area contributed by atoms with Crippen LogP contribution in [0.25, 0.3) is 55.3 Å². The van der Waals surface area contributed by atoms with Gasteiger partial charge in [0, 0.05) is 90.4 Å². The Morgan fingerprint density at radius 3 is 2.34 bits per heavy atom. The van der Waals surface area contributed by atoms with Crippen molar-refractivity contribution in [3.63, 3.8) is 0 Å². The number of aromatic hydroxyl groups is 1. The third kappa shape index (κ3) is 9.93. The summed E-state index contributed by atoms with van der Waals surface area (Å²) in [6.45, 7) is 4.87. The normalized spacial score (nSPS) is 11.2. The lowest BCUT2D eigenvalue weighted by Gasteiger charge is -2.16. The average molecular weight is 890 g/mol. The van der Waals surface area contributed by atoms with Crippen LogP contribution in [-0.2, 0) is 18.3 Å². The number of nitrogens with two attached hydrogens (primary N) is 1. The van der Waals surface area contributed by atoms with Gasteiger partial charge in [-0.15, -0.1) is 0 Å². The first kappa shape index (κ1) is 43.9. The Kier molecular flexibility index (Phi) is 13.1. The van der Waals surface area contributed by atoms with E-state index in [4.69, 9.17) is 22.1 Å². The summed E-state index contributed by atoms with van der Waals surface area (Å²) in [7, 11) is 2.01. The van der Waals surface area contributed by atoms with E-state index < -0.39 is 5.91 Å². The number of nitrogen functional groups attached to an aromatic ring is 1. The maximum absolute atomic E-state index is 13.2. The van der Waals surface area contributed by atoms with Gasteiger partial charge in [0.25, 0.3) is 17.8 Å². The summed E-state index contributed by atoms with van der Waals surface area (Å²) in [6.07, 6.45) is 7.41. The van der Waals surface area contributed by atoms with E-state index >= 15 is 0 Å².